The van der Waals surface area contributed by atoms with Crippen LogP contribution in [0.1, 0.15) is 35.6 Å². The Morgan fingerprint density at radius 2 is 1.78 bits per heavy atom. The molecule has 1 fully saturated rings. The molecule has 1 aliphatic rings. The van der Waals surface area contributed by atoms with Gasteiger partial charge in [0, 0.05) is 45.0 Å². The average molecular weight is 367 g/mol. The first-order valence-corrected chi connectivity index (χ1v) is 9.77. The van der Waals surface area contributed by atoms with Gasteiger partial charge >= 0.3 is 0 Å². The van der Waals surface area contributed by atoms with Gasteiger partial charge in [0.2, 0.25) is 5.95 Å². The standard InChI is InChI=1S/C21H29N5O/c1-4-24-11-13-26(14-12-24)21-22-17(3)15-19(23-21)20(27)25(5-2)16-18-9-7-6-8-10-18/h6-10,15H,4-5,11-14,16H2,1-3H3. The molecule has 0 atom stereocenters. The zero-order valence-electron chi connectivity index (χ0n) is 16.6. The molecule has 3 rings (SSSR count). The van der Waals surface area contributed by atoms with Gasteiger partial charge in [-0.15, -0.1) is 0 Å². The van der Waals surface area contributed by atoms with Gasteiger partial charge in [0.15, 0.2) is 0 Å². The van der Waals surface area contributed by atoms with Gasteiger partial charge in [-0.1, -0.05) is 37.3 Å². The molecule has 0 aliphatic carbocycles. The lowest BCUT2D eigenvalue weighted by molar-refractivity contribution is 0.0746. The fraction of sp³-hybridized carbons (Fsp3) is 0.476. The number of piperazine rings is 1. The molecule has 1 aliphatic heterocycles. The third-order valence-corrected chi connectivity index (χ3v) is 5.05. The van der Waals surface area contributed by atoms with E-state index in [0.717, 1.165) is 44.0 Å². The molecule has 144 valence electrons. The van der Waals surface area contributed by atoms with Crippen molar-refractivity contribution in [1.29, 1.82) is 0 Å². The van der Waals surface area contributed by atoms with Gasteiger partial charge in [-0.25, -0.2) is 9.97 Å². The van der Waals surface area contributed by atoms with Gasteiger partial charge in [-0.3, -0.25) is 4.79 Å². The molecule has 0 unspecified atom stereocenters. The molecule has 1 saturated heterocycles. The number of aromatic nitrogens is 2. The van der Waals surface area contributed by atoms with Crippen molar-refractivity contribution in [3.63, 3.8) is 0 Å². The molecule has 0 bridgehead atoms. The molecule has 1 aromatic carbocycles. The molecule has 0 saturated carbocycles. The summed E-state index contributed by atoms with van der Waals surface area (Å²) in [6.45, 7) is 12.2. The molecular formula is C21H29N5O. The number of anilines is 1. The van der Waals surface area contributed by atoms with E-state index in [0.29, 0.717) is 24.7 Å². The monoisotopic (exact) mass is 367 g/mol. The van der Waals surface area contributed by atoms with Crippen molar-refractivity contribution < 1.29 is 4.79 Å². The van der Waals surface area contributed by atoms with Crippen molar-refractivity contribution in [3.8, 4) is 0 Å². The summed E-state index contributed by atoms with van der Waals surface area (Å²) in [5, 5.41) is 0. The van der Waals surface area contributed by atoms with E-state index in [-0.39, 0.29) is 5.91 Å². The lowest BCUT2D eigenvalue weighted by Gasteiger charge is -2.34. The fourth-order valence-electron chi connectivity index (χ4n) is 3.36. The molecule has 1 amide bonds. The minimum Gasteiger partial charge on any atom is -0.338 e. The van der Waals surface area contributed by atoms with Crippen LogP contribution in [-0.4, -0.2) is 64.9 Å². The van der Waals surface area contributed by atoms with E-state index >= 15 is 0 Å². The molecule has 6 nitrogen and oxygen atoms in total. The first kappa shape index (κ1) is 19.3. The molecule has 2 aromatic rings. The van der Waals surface area contributed by atoms with Gasteiger partial charge in [0.1, 0.15) is 5.69 Å². The fourth-order valence-corrected chi connectivity index (χ4v) is 3.36. The molecule has 1 aromatic heterocycles. The number of amides is 1. The maximum atomic E-state index is 13.1. The number of carbonyl (C=O) groups excluding carboxylic acids is 1. The van der Waals surface area contributed by atoms with E-state index in [2.05, 4.69) is 26.7 Å². The Morgan fingerprint density at radius 1 is 1.07 bits per heavy atom. The van der Waals surface area contributed by atoms with Crippen LogP contribution in [0.4, 0.5) is 5.95 Å². The second-order valence-electron chi connectivity index (χ2n) is 6.92. The smallest absolute Gasteiger partial charge is 0.272 e. The SMILES string of the molecule is CCN1CCN(c2nc(C)cc(C(=O)N(CC)Cc3ccccc3)n2)CC1. The Morgan fingerprint density at radius 3 is 2.41 bits per heavy atom. The quantitative estimate of drug-likeness (QED) is 0.785. The predicted octanol–water partition coefficient (Wildman–Crippen LogP) is 2.59. The minimum absolute atomic E-state index is 0.0414. The number of rotatable bonds is 6. The van der Waals surface area contributed by atoms with Crippen LogP contribution in [0.25, 0.3) is 0 Å². The summed E-state index contributed by atoms with van der Waals surface area (Å²) in [6.07, 6.45) is 0. The van der Waals surface area contributed by atoms with E-state index in [1.54, 1.807) is 6.07 Å². The van der Waals surface area contributed by atoms with Crippen LogP contribution in [0, 0.1) is 6.92 Å². The molecular weight excluding hydrogens is 338 g/mol. The zero-order chi connectivity index (χ0) is 19.2. The maximum absolute atomic E-state index is 13.1. The second-order valence-corrected chi connectivity index (χ2v) is 6.92. The van der Waals surface area contributed by atoms with Gasteiger partial charge in [-0.05, 0) is 32.0 Å². The van der Waals surface area contributed by atoms with E-state index in [9.17, 15) is 4.79 Å². The largest absolute Gasteiger partial charge is 0.338 e. The molecule has 0 spiro atoms. The molecule has 6 heteroatoms. The van der Waals surface area contributed by atoms with E-state index < -0.39 is 0 Å². The second kappa shape index (κ2) is 8.95. The third kappa shape index (κ3) is 4.83. The van der Waals surface area contributed by atoms with Crippen molar-refractivity contribution in [3.05, 3.63) is 53.3 Å². The van der Waals surface area contributed by atoms with E-state index in [1.807, 2.05) is 49.1 Å². The molecule has 2 heterocycles. The van der Waals surface area contributed by atoms with Gasteiger partial charge in [-0.2, -0.15) is 0 Å². The van der Waals surface area contributed by atoms with Crippen LogP contribution >= 0.6 is 0 Å². The van der Waals surface area contributed by atoms with Crippen LogP contribution in [-0.2, 0) is 6.54 Å². The molecule has 0 radical (unpaired) electrons. The summed E-state index contributed by atoms with van der Waals surface area (Å²) in [5.74, 6) is 0.630. The van der Waals surface area contributed by atoms with Crippen molar-refractivity contribution in [1.82, 2.24) is 19.8 Å². The highest BCUT2D eigenvalue weighted by Gasteiger charge is 2.22. The van der Waals surface area contributed by atoms with Crippen LogP contribution in [0.2, 0.25) is 0 Å². The lowest BCUT2D eigenvalue weighted by atomic mass is 10.2. The van der Waals surface area contributed by atoms with Crippen molar-refractivity contribution in [2.24, 2.45) is 0 Å². The highest BCUT2D eigenvalue weighted by atomic mass is 16.2. The van der Waals surface area contributed by atoms with E-state index in [4.69, 9.17) is 0 Å². The van der Waals surface area contributed by atoms with Crippen molar-refractivity contribution in [2.75, 3.05) is 44.2 Å². The predicted molar refractivity (Wildman–Crippen MR) is 108 cm³/mol. The normalized spacial score (nSPS) is 15.0. The van der Waals surface area contributed by atoms with Gasteiger partial charge < -0.3 is 14.7 Å². The minimum atomic E-state index is -0.0414. The highest BCUT2D eigenvalue weighted by Crippen LogP contribution is 2.15. The summed E-state index contributed by atoms with van der Waals surface area (Å²) in [7, 11) is 0. The summed E-state index contributed by atoms with van der Waals surface area (Å²) >= 11 is 0. The Hall–Kier alpha value is -2.47. The van der Waals surface area contributed by atoms with Gasteiger partial charge in [0.25, 0.3) is 5.91 Å². The van der Waals surface area contributed by atoms with E-state index in [1.165, 1.54) is 0 Å². The van der Waals surface area contributed by atoms with Crippen molar-refractivity contribution >= 4 is 11.9 Å². The summed E-state index contributed by atoms with van der Waals surface area (Å²) in [6, 6.07) is 11.9. The summed E-state index contributed by atoms with van der Waals surface area (Å²) in [4.78, 5) is 28.7. The number of benzene rings is 1. The Bertz CT molecular complexity index is 756. The van der Waals surface area contributed by atoms with Crippen LogP contribution < -0.4 is 4.90 Å². The lowest BCUT2D eigenvalue weighted by Crippen LogP contribution is -2.47. The van der Waals surface area contributed by atoms with Crippen LogP contribution in [0.15, 0.2) is 36.4 Å². The number of nitrogens with zero attached hydrogens (tertiary/aromatic N) is 5. The van der Waals surface area contributed by atoms with Crippen LogP contribution in [0.5, 0.6) is 0 Å². The topological polar surface area (TPSA) is 52.6 Å². The highest BCUT2D eigenvalue weighted by molar-refractivity contribution is 5.92. The van der Waals surface area contributed by atoms with Gasteiger partial charge in [0.05, 0.1) is 0 Å². The summed E-state index contributed by atoms with van der Waals surface area (Å²) < 4.78 is 0. The number of hydrogen-bond donors (Lipinski definition) is 0. The third-order valence-electron chi connectivity index (χ3n) is 5.05. The zero-order valence-corrected chi connectivity index (χ0v) is 16.6. The first-order chi connectivity index (χ1) is 13.1. The average Bonchev–Trinajstić information content (AvgIpc) is 2.72. The maximum Gasteiger partial charge on any atom is 0.272 e. The number of carbonyl (C=O) groups is 1. The molecule has 0 N–H and O–H groups in total. The number of likely N-dealkylation sites (N-methyl/N-ethyl adjacent to an activating group) is 1. The number of hydrogen-bond acceptors (Lipinski definition) is 5. The Labute approximate surface area is 161 Å². The Kier molecular flexibility index (Phi) is 6.40. The molecule has 27 heavy (non-hydrogen) atoms. The van der Waals surface area contributed by atoms with Crippen LogP contribution in [0.3, 0.4) is 0 Å². The summed E-state index contributed by atoms with van der Waals surface area (Å²) in [5.41, 5.74) is 2.43. The first-order valence-electron chi connectivity index (χ1n) is 9.77. The Balaban J connectivity index is 1.77. The number of aryl methyl sites for hydroxylation is 1. The van der Waals surface area contributed by atoms with Crippen molar-refractivity contribution in [2.45, 2.75) is 27.3 Å².